The van der Waals surface area contributed by atoms with E-state index in [2.05, 4.69) is 10.2 Å². The second-order valence-corrected chi connectivity index (χ2v) is 10.9. The number of para-hydroxylation sites is 1. The maximum absolute atomic E-state index is 14.0. The Labute approximate surface area is 225 Å². The van der Waals surface area contributed by atoms with Crippen molar-refractivity contribution in [2.24, 2.45) is 0 Å². The Morgan fingerprint density at radius 1 is 0.947 bits per heavy atom. The molecule has 8 heteroatoms. The van der Waals surface area contributed by atoms with Crippen molar-refractivity contribution in [3.8, 4) is 0 Å². The topological polar surface area (TPSA) is 76.2 Å². The van der Waals surface area contributed by atoms with Crippen molar-refractivity contribution in [2.75, 3.05) is 38.3 Å². The Balaban J connectivity index is 1.27. The summed E-state index contributed by atoms with van der Waals surface area (Å²) < 4.78 is 0. The van der Waals surface area contributed by atoms with Crippen LogP contribution in [0, 0.1) is 0 Å². The van der Waals surface area contributed by atoms with Crippen molar-refractivity contribution in [3.63, 3.8) is 0 Å². The van der Waals surface area contributed by atoms with Crippen LogP contribution in [0.2, 0.25) is 0 Å². The molecule has 2 aromatic rings. The first-order valence-corrected chi connectivity index (χ1v) is 13.9. The van der Waals surface area contributed by atoms with Gasteiger partial charge in [0.2, 0.25) is 5.91 Å². The zero-order valence-corrected chi connectivity index (χ0v) is 22.3. The van der Waals surface area contributed by atoms with E-state index < -0.39 is 5.54 Å². The number of benzene rings is 2. The summed E-state index contributed by atoms with van der Waals surface area (Å²) in [7, 11) is 1.78. The zero-order valence-electron chi connectivity index (χ0n) is 22.3. The molecule has 2 saturated heterocycles. The average molecular weight is 518 g/mol. The second kappa shape index (κ2) is 11.5. The van der Waals surface area contributed by atoms with Gasteiger partial charge >= 0.3 is 6.03 Å². The first-order valence-electron chi connectivity index (χ1n) is 13.9. The Morgan fingerprint density at radius 2 is 1.58 bits per heavy atom. The highest BCUT2D eigenvalue weighted by Crippen LogP contribution is 2.39. The maximum atomic E-state index is 14.0. The summed E-state index contributed by atoms with van der Waals surface area (Å²) >= 11 is 0. The van der Waals surface area contributed by atoms with E-state index in [4.69, 9.17) is 0 Å². The minimum absolute atomic E-state index is 0.0157. The summed E-state index contributed by atoms with van der Waals surface area (Å²) in [4.78, 5) is 47.5. The molecule has 0 aromatic heterocycles. The molecule has 5 rings (SSSR count). The van der Waals surface area contributed by atoms with Crippen molar-refractivity contribution in [3.05, 3.63) is 66.2 Å². The van der Waals surface area contributed by atoms with Crippen LogP contribution in [-0.4, -0.2) is 77.5 Å². The van der Waals surface area contributed by atoms with Gasteiger partial charge in [-0.3, -0.25) is 9.59 Å². The number of urea groups is 1. The molecule has 3 fully saturated rings. The fourth-order valence-electron chi connectivity index (χ4n) is 6.14. The number of nitrogens with one attached hydrogen (secondary N) is 1. The highest BCUT2D eigenvalue weighted by Gasteiger charge is 2.54. The third-order valence-corrected chi connectivity index (χ3v) is 8.41. The van der Waals surface area contributed by atoms with Crippen LogP contribution in [0.15, 0.2) is 60.7 Å². The molecule has 3 aliphatic rings. The number of anilines is 1. The molecule has 2 aliphatic heterocycles. The van der Waals surface area contributed by atoms with Crippen molar-refractivity contribution in [1.82, 2.24) is 20.0 Å². The molecule has 2 heterocycles. The molecule has 8 nitrogen and oxygen atoms in total. The van der Waals surface area contributed by atoms with Crippen molar-refractivity contribution >= 4 is 23.5 Å². The van der Waals surface area contributed by atoms with Gasteiger partial charge in [-0.1, -0.05) is 67.8 Å². The van der Waals surface area contributed by atoms with E-state index >= 15 is 0 Å². The maximum Gasteiger partial charge on any atom is 0.317 e. The molecule has 1 saturated carbocycles. The fraction of sp³-hybridized carbons (Fsp3) is 0.500. The standard InChI is InChI=1S/C30H39N5O3/c1-32(21-24-11-5-2-6-12-24)27(36)22-34-23-35(26-15-9-4-10-16-26)30(28(34)37)17-19-33(20-18-30)29(38)31-25-13-7-3-8-14-25/h2,4-6,9-12,15-16,25H,3,7-8,13-14,17-23H2,1H3,(H,31,38). The SMILES string of the molecule is CN(Cc1ccccc1)C(=O)CN1CN(c2ccccc2)C2(CCN(C(=O)NC3CCCCC3)CC2)C1=O. The van der Waals surface area contributed by atoms with Crippen molar-refractivity contribution in [1.29, 1.82) is 0 Å². The molecule has 1 aliphatic carbocycles. The molecular weight excluding hydrogens is 478 g/mol. The Hall–Kier alpha value is -3.55. The van der Waals surface area contributed by atoms with E-state index in [1.807, 2.05) is 65.6 Å². The number of nitrogens with zero attached hydrogens (tertiary/aromatic N) is 4. The van der Waals surface area contributed by atoms with Crippen LogP contribution in [0.4, 0.5) is 10.5 Å². The van der Waals surface area contributed by atoms with Gasteiger partial charge in [0.1, 0.15) is 12.1 Å². The monoisotopic (exact) mass is 517 g/mol. The first kappa shape index (κ1) is 26.1. The van der Waals surface area contributed by atoms with E-state index in [0.717, 1.165) is 24.1 Å². The molecule has 38 heavy (non-hydrogen) atoms. The highest BCUT2D eigenvalue weighted by atomic mass is 16.2. The summed E-state index contributed by atoms with van der Waals surface area (Å²) in [5.41, 5.74) is 1.27. The number of carbonyl (C=O) groups is 3. The number of likely N-dealkylation sites (N-methyl/N-ethyl adjacent to an activating group) is 1. The predicted molar refractivity (Wildman–Crippen MR) is 147 cm³/mol. The van der Waals surface area contributed by atoms with Crippen LogP contribution < -0.4 is 10.2 Å². The number of amides is 4. The zero-order chi connectivity index (χ0) is 26.5. The first-order chi connectivity index (χ1) is 18.5. The van der Waals surface area contributed by atoms with E-state index in [1.165, 1.54) is 19.3 Å². The Morgan fingerprint density at radius 3 is 2.24 bits per heavy atom. The van der Waals surface area contributed by atoms with Crippen molar-refractivity contribution < 1.29 is 14.4 Å². The van der Waals surface area contributed by atoms with Gasteiger partial charge in [0, 0.05) is 38.4 Å². The number of rotatable bonds is 6. The lowest BCUT2D eigenvalue weighted by Crippen LogP contribution is -2.59. The lowest BCUT2D eigenvalue weighted by Gasteiger charge is -2.43. The summed E-state index contributed by atoms with van der Waals surface area (Å²) in [6.07, 6.45) is 6.77. The van der Waals surface area contributed by atoms with Crippen LogP contribution in [0.5, 0.6) is 0 Å². The Kier molecular flexibility index (Phi) is 7.86. The van der Waals surface area contributed by atoms with Crippen LogP contribution in [-0.2, 0) is 16.1 Å². The third-order valence-electron chi connectivity index (χ3n) is 8.41. The van der Waals surface area contributed by atoms with E-state index in [1.54, 1.807) is 16.8 Å². The third kappa shape index (κ3) is 5.49. The number of hydrogen-bond donors (Lipinski definition) is 1. The van der Waals surface area contributed by atoms with Gasteiger partial charge in [-0.15, -0.1) is 0 Å². The molecule has 202 valence electrons. The van der Waals surface area contributed by atoms with Gasteiger partial charge < -0.3 is 24.9 Å². The predicted octanol–water partition coefficient (Wildman–Crippen LogP) is 3.83. The molecule has 2 aromatic carbocycles. The van der Waals surface area contributed by atoms with Gasteiger partial charge in [0.05, 0.1) is 6.67 Å². The smallest absolute Gasteiger partial charge is 0.317 e. The molecule has 0 radical (unpaired) electrons. The van der Waals surface area contributed by atoms with Crippen LogP contribution in [0.3, 0.4) is 0 Å². The number of likely N-dealkylation sites (tertiary alicyclic amines) is 1. The largest absolute Gasteiger partial charge is 0.340 e. The summed E-state index contributed by atoms with van der Waals surface area (Å²) in [5, 5.41) is 3.22. The highest BCUT2D eigenvalue weighted by molar-refractivity contribution is 5.96. The lowest BCUT2D eigenvalue weighted by atomic mass is 9.85. The summed E-state index contributed by atoms with van der Waals surface area (Å²) in [5.74, 6) is -0.105. The number of carbonyl (C=O) groups excluding carboxylic acids is 3. The molecule has 0 unspecified atom stereocenters. The van der Waals surface area contributed by atoms with Gasteiger partial charge in [0.25, 0.3) is 5.91 Å². The van der Waals surface area contributed by atoms with Gasteiger partial charge in [-0.05, 0) is 43.4 Å². The summed E-state index contributed by atoms with van der Waals surface area (Å²) in [6.45, 7) is 1.94. The minimum atomic E-state index is -0.749. The molecular formula is C30H39N5O3. The fourth-order valence-corrected chi connectivity index (χ4v) is 6.14. The van der Waals surface area contributed by atoms with E-state index in [0.29, 0.717) is 39.1 Å². The minimum Gasteiger partial charge on any atom is -0.340 e. The van der Waals surface area contributed by atoms with Crippen LogP contribution in [0.1, 0.15) is 50.5 Å². The molecule has 1 N–H and O–H groups in total. The normalized spacial score (nSPS) is 19.6. The molecule has 0 bridgehead atoms. The average Bonchev–Trinajstić information content (AvgIpc) is 3.21. The quantitative estimate of drug-likeness (QED) is 0.632. The van der Waals surface area contributed by atoms with Gasteiger partial charge in [-0.2, -0.15) is 0 Å². The molecule has 4 amide bonds. The second-order valence-electron chi connectivity index (χ2n) is 10.9. The number of piperidine rings is 1. The van der Waals surface area contributed by atoms with E-state index in [9.17, 15) is 14.4 Å². The lowest BCUT2D eigenvalue weighted by molar-refractivity contribution is -0.140. The molecule has 0 atom stereocenters. The van der Waals surface area contributed by atoms with Gasteiger partial charge in [0.15, 0.2) is 0 Å². The van der Waals surface area contributed by atoms with Crippen molar-refractivity contribution in [2.45, 2.75) is 63.1 Å². The summed E-state index contributed by atoms with van der Waals surface area (Å²) in [6, 6.07) is 20.1. The van der Waals surface area contributed by atoms with Crippen LogP contribution in [0.25, 0.3) is 0 Å². The van der Waals surface area contributed by atoms with E-state index in [-0.39, 0.29) is 30.4 Å². The Bertz CT molecular complexity index is 1110. The van der Waals surface area contributed by atoms with Gasteiger partial charge in [-0.25, -0.2) is 4.79 Å². The van der Waals surface area contributed by atoms with Crippen LogP contribution >= 0.6 is 0 Å². The molecule has 1 spiro atoms. The number of hydrogen-bond acceptors (Lipinski definition) is 4.